The van der Waals surface area contributed by atoms with Crippen molar-refractivity contribution in [2.24, 2.45) is 11.8 Å². The molecule has 1 aromatic carbocycles. The van der Waals surface area contributed by atoms with Gasteiger partial charge < -0.3 is 10.1 Å². The largest absolute Gasteiger partial charge is 0.379 e. The Morgan fingerprint density at radius 3 is 2.22 bits per heavy atom. The van der Waals surface area contributed by atoms with Gasteiger partial charge in [0.15, 0.2) is 0 Å². The highest BCUT2D eigenvalue weighted by Crippen LogP contribution is 2.25. The molecule has 1 atom stereocenters. The van der Waals surface area contributed by atoms with Gasteiger partial charge in [-0.25, -0.2) is 8.42 Å². The molecule has 3 rings (SSSR count). The van der Waals surface area contributed by atoms with Gasteiger partial charge in [0.25, 0.3) is 0 Å². The Labute approximate surface area is 193 Å². The highest BCUT2D eigenvalue weighted by Gasteiger charge is 2.33. The summed E-state index contributed by atoms with van der Waals surface area (Å²) in [5.74, 6) is 0.461. The summed E-state index contributed by atoms with van der Waals surface area (Å²) in [6.07, 6.45) is 3.29. The van der Waals surface area contributed by atoms with Crippen LogP contribution in [0.3, 0.4) is 0 Å². The first kappa shape index (κ1) is 25.1. The summed E-state index contributed by atoms with van der Waals surface area (Å²) in [6.45, 7) is 11.1. The fourth-order valence-electron chi connectivity index (χ4n) is 4.90. The van der Waals surface area contributed by atoms with Crippen molar-refractivity contribution in [2.75, 3.05) is 45.9 Å². The maximum Gasteiger partial charge on any atom is 0.243 e. The van der Waals surface area contributed by atoms with Crippen LogP contribution in [0, 0.1) is 18.8 Å². The van der Waals surface area contributed by atoms with Gasteiger partial charge in [0.2, 0.25) is 15.9 Å². The van der Waals surface area contributed by atoms with Crippen LogP contribution < -0.4 is 5.32 Å². The fourth-order valence-corrected chi connectivity index (χ4v) is 6.37. The van der Waals surface area contributed by atoms with E-state index in [-0.39, 0.29) is 11.8 Å². The van der Waals surface area contributed by atoms with Crippen molar-refractivity contribution in [3.8, 4) is 0 Å². The molecular formula is C24H39N3O4S. The fraction of sp³-hybridized carbons (Fsp3) is 0.708. The lowest BCUT2D eigenvalue weighted by atomic mass is 9.91. The molecule has 1 unspecified atom stereocenters. The second kappa shape index (κ2) is 11.6. The highest BCUT2D eigenvalue weighted by molar-refractivity contribution is 7.89. The second-order valence-electron chi connectivity index (χ2n) is 9.03. The average molecular weight is 466 g/mol. The molecule has 2 aliphatic rings. The van der Waals surface area contributed by atoms with Crippen LogP contribution in [0.1, 0.15) is 45.1 Å². The van der Waals surface area contributed by atoms with E-state index in [0.29, 0.717) is 49.3 Å². The van der Waals surface area contributed by atoms with Gasteiger partial charge in [-0.05, 0) is 37.8 Å². The third-order valence-electron chi connectivity index (χ3n) is 7.08. The molecule has 180 valence electrons. The summed E-state index contributed by atoms with van der Waals surface area (Å²) < 4.78 is 32.9. The quantitative estimate of drug-likeness (QED) is 0.607. The maximum absolute atomic E-state index is 12.9. The van der Waals surface area contributed by atoms with Crippen LogP contribution in [-0.4, -0.2) is 75.5 Å². The van der Waals surface area contributed by atoms with Gasteiger partial charge in [0.1, 0.15) is 0 Å². The predicted octanol–water partition coefficient (Wildman–Crippen LogP) is 2.65. The van der Waals surface area contributed by atoms with E-state index in [2.05, 4.69) is 24.1 Å². The Bertz CT molecular complexity index is 825. The number of hydrogen-bond acceptors (Lipinski definition) is 5. The SMILES string of the molecule is CCC(CC)C(CNC(=O)C1CCN(S(=O)(=O)c2ccc(C)cc2)CC1)N1CCOCC1. The summed E-state index contributed by atoms with van der Waals surface area (Å²) in [5, 5.41) is 3.20. The van der Waals surface area contributed by atoms with E-state index in [1.807, 2.05) is 19.1 Å². The minimum atomic E-state index is -3.50. The molecule has 2 aliphatic heterocycles. The molecule has 8 heteroatoms. The number of carbonyl (C=O) groups is 1. The van der Waals surface area contributed by atoms with E-state index in [1.54, 1.807) is 12.1 Å². The number of sulfonamides is 1. The molecule has 2 fully saturated rings. The molecule has 0 saturated carbocycles. The van der Waals surface area contributed by atoms with Crippen molar-refractivity contribution < 1.29 is 17.9 Å². The number of aryl methyl sites for hydroxylation is 1. The number of morpholine rings is 1. The van der Waals surface area contributed by atoms with Gasteiger partial charge in [-0.1, -0.05) is 44.4 Å². The number of amides is 1. The van der Waals surface area contributed by atoms with Crippen LogP contribution in [0.25, 0.3) is 0 Å². The van der Waals surface area contributed by atoms with Crippen LogP contribution >= 0.6 is 0 Å². The van der Waals surface area contributed by atoms with E-state index in [4.69, 9.17) is 4.74 Å². The van der Waals surface area contributed by atoms with Gasteiger partial charge in [-0.15, -0.1) is 0 Å². The van der Waals surface area contributed by atoms with E-state index in [9.17, 15) is 13.2 Å². The first-order valence-corrected chi connectivity index (χ1v) is 13.5. The maximum atomic E-state index is 12.9. The van der Waals surface area contributed by atoms with Crippen molar-refractivity contribution in [1.82, 2.24) is 14.5 Å². The molecule has 1 amide bonds. The van der Waals surface area contributed by atoms with E-state index in [1.165, 1.54) is 4.31 Å². The first-order valence-electron chi connectivity index (χ1n) is 12.0. The summed E-state index contributed by atoms with van der Waals surface area (Å²) in [5.41, 5.74) is 1.03. The van der Waals surface area contributed by atoms with Crippen molar-refractivity contribution in [2.45, 2.75) is 57.4 Å². The number of piperidine rings is 1. The molecule has 7 nitrogen and oxygen atoms in total. The minimum Gasteiger partial charge on any atom is -0.379 e. The van der Waals surface area contributed by atoms with Crippen molar-refractivity contribution in [3.63, 3.8) is 0 Å². The number of benzene rings is 1. The molecule has 0 aliphatic carbocycles. The zero-order valence-corrected chi connectivity index (χ0v) is 20.6. The molecular weight excluding hydrogens is 426 g/mol. The molecule has 32 heavy (non-hydrogen) atoms. The Morgan fingerprint density at radius 1 is 1.06 bits per heavy atom. The number of nitrogens with one attached hydrogen (secondary N) is 1. The first-order chi connectivity index (χ1) is 15.4. The number of carbonyl (C=O) groups excluding carboxylic acids is 1. The number of rotatable bonds is 9. The molecule has 0 radical (unpaired) electrons. The van der Waals surface area contributed by atoms with Crippen molar-refractivity contribution in [1.29, 1.82) is 0 Å². The molecule has 1 aromatic rings. The zero-order valence-electron chi connectivity index (χ0n) is 19.8. The van der Waals surface area contributed by atoms with Gasteiger partial charge >= 0.3 is 0 Å². The van der Waals surface area contributed by atoms with Crippen LogP contribution in [0.4, 0.5) is 0 Å². The van der Waals surface area contributed by atoms with Crippen LogP contribution in [0.2, 0.25) is 0 Å². The topological polar surface area (TPSA) is 79.0 Å². The lowest BCUT2D eigenvalue weighted by Gasteiger charge is -2.39. The minimum absolute atomic E-state index is 0.0570. The van der Waals surface area contributed by atoms with Crippen LogP contribution in [-0.2, 0) is 19.6 Å². The van der Waals surface area contributed by atoms with E-state index < -0.39 is 10.0 Å². The average Bonchev–Trinajstić information content (AvgIpc) is 2.82. The monoisotopic (exact) mass is 465 g/mol. The van der Waals surface area contributed by atoms with Crippen LogP contribution in [0.15, 0.2) is 29.2 Å². The lowest BCUT2D eigenvalue weighted by molar-refractivity contribution is -0.126. The highest BCUT2D eigenvalue weighted by atomic mass is 32.2. The van der Waals surface area contributed by atoms with Crippen molar-refractivity contribution in [3.05, 3.63) is 29.8 Å². The lowest BCUT2D eigenvalue weighted by Crippen LogP contribution is -2.53. The van der Waals surface area contributed by atoms with Crippen molar-refractivity contribution >= 4 is 15.9 Å². The normalized spacial score (nSPS) is 20.4. The van der Waals surface area contributed by atoms with Crippen LogP contribution in [0.5, 0.6) is 0 Å². The molecule has 1 N–H and O–H groups in total. The van der Waals surface area contributed by atoms with E-state index in [0.717, 1.165) is 44.7 Å². The number of hydrogen-bond donors (Lipinski definition) is 1. The standard InChI is InChI=1S/C24H39N3O4S/c1-4-20(5-2)23(26-14-16-31-17-15-26)18-25-24(28)21-10-12-27(13-11-21)32(29,30)22-8-6-19(3)7-9-22/h6-9,20-21,23H,4-5,10-18H2,1-3H3,(H,25,28). The third kappa shape index (κ3) is 6.10. The smallest absolute Gasteiger partial charge is 0.243 e. The summed E-state index contributed by atoms with van der Waals surface area (Å²) in [7, 11) is -3.50. The molecule has 2 heterocycles. The van der Waals surface area contributed by atoms with Gasteiger partial charge in [-0.2, -0.15) is 4.31 Å². The Balaban J connectivity index is 1.54. The molecule has 0 spiro atoms. The molecule has 0 aromatic heterocycles. The summed E-state index contributed by atoms with van der Waals surface area (Å²) in [6, 6.07) is 7.27. The number of nitrogens with zero attached hydrogens (tertiary/aromatic N) is 2. The zero-order chi connectivity index (χ0) is 23.1. The number of ether oxygens (including phenoxy) is 1. The Hall–Kier alpha value is -1.48. The molecule has 2 saturated heterocycles. The van der Waals surface area contributed by atoms with Gasteiger partial charge in [-0.3, -0.25) is 9.69 Å². The summed E-state index contributed by atoms with van der Waals surface area (Å²) >= 11 is 0. The van der Waals surface area contributed by atoms with Gasteiger partial charge in [0, 0.05) is 44.7 Å². The third-order valence-corrected chi connectivity index (χ3v) is 8.99. The molecule has 0 bridgehead atoms. The second-order valence-corrected chi connectivity index (χ2v) is 11.0. The Kier molecular flexibility index (Phi) is 9.11. The predicted molar refractivity (Wildman–Crippen MR) is 126 cm³/mol. The van der Waals surface area contributed by atoms with Gasteiger partial charge in [0.05, 0.1) is 18.1 Å². The Morgan fingerprint density at radius 2 is 1.66 bits per heavy atom. The summed E-state index contributed by atoms with van der Waals surface area (Å²) in [4.78, 5) is 15.7. The van der Waals surface area contributed by atoms with E-state index >= 15 is 0 Å².